The molecular formula is C22H32N4OS. The second kappa shape index (κ2) is 10.4. The van der Waals surface area contributed by atoms with Gasteiger partial charge in [-0.3, -0.25) is 0 Å². The molecule has 1 aromatic carbocycles. The van der Waals surface area contributed by atoms with Crippen molar-refractivity contribution in [2.24, 2.45) is 4.99 Å². The van der Waals surface area contributed by atoms with Crippen LogP contribution in [0.15, 0.2) is 40.7 Å². The molecule has 28 heavy (non-hydrogen) atoms. The van der Waals surface area contributed by atoms with Crippen LogP contribution in [0.25, 0.3) is 0 Å². The zero-order chi connectivity index (χ0) is 19.8. The predicted molar refractivity (Wildman–Crippen MR) is 120 cm³/mol. The minimum Gasteiger partial charge on any atom is -0.494 e. The summed E-state index contributed by atoms with van der Waals surface area (Å²) < 4.78 is 5.63. The summed E-state index contributed by atoms with van der Waals surface area (Å²) in [7, 11) is 0. The van der Waals surface area contributed by atoms with Gasteiger partial charge in [0.25, 0.3) is 0 Å². The average Bonchev–Trinajstić information content (AvgIpc) is 3.24. The Bertz CT molecular complexity index is 752. The van der Waals surface area contributed by atoms with E-state index in [1.165, 1.54) is 10.6 Å². The minimum atomic E-state index is 0.469. The number of hydrogen-bond acceptors (Lipinski definition) is 4. The van der Waals surface area contributed by atoms with Crippen molar-refractivity contribution in [3.8, 4) is 5.75 Å². The molecule has 0 aliphatic carbocycles. The first-order valence-electron chi connectivity index (χ1n) is 10.2. The Balaban J connectivity index is 1.55. The fraction of sp³-hybridized carbons (Fsp3) is 0.500. The number of aliphatic imine (C=N–C) groups is 1. The molecule has 1 saturated heterocycles. The number of guanidine groups is 1. The van der Waals surface area contributed by atoms with Gasteiger partial charge in [0, 0.05) is 25.7 Å². The monoisotopic (exact) mass is 400 g/mol. The van der Waals surface area contributed by atoms with Gasteiger partial charge >= 0.3 is 0 Å². The van der Waals surface area contributed by atoms with Crippen LogP contribution in [0.2, 0.25) is 0 Å². The lowest BCUT2D eigenvalue weighted by molar-refractivity contribution is 0.338. The molecule has 1 aliphatic heterocycles. The van der Waals surface area contributed by atoms with E-state index < -0.39 is 0 Å². The fourth-order valence-corrected chi connectivity index (χ4v) is 4.29. The smallest absolute Gasteiger partial charge is 0.191 e. The average molecular weight is 401 g/mol. The number of hydrogen-bond donors (Lipinski definition) is 2. The Kier molecular flexibility index (Phi) is 7.60. The van der Waals surface area contributed by atoms with E-state index >= 15 is 0 Å². The number of ether oxygens (including phenoxy) is 1. The highest BCUT2D eigenvalue weighted by Gasteiger charge is 2.20. The molecular weight excluding hydrogens is 368 g/mol. The van der Waals surface area contributed by atoms with Gasteiger partial charge < -0.3 is 20.3 Å². The molecule has 0 amide bonds. The van der Waals surface area contributed by atoms with E-state index in [2.05, 4.69) is 59.0 Å². The van der Waals surface area contributed by atoms with E-state index in [0.29, 0.717) is 19.2 Å². The lowest BCUT2D eigenvalue weighted by atomic mass is 10.1. The Morgan fingerprint density at radius 2 is 2.07 bits per heavy atom. The Morgan fingerprint density at radius 1 is 1.25 bits per heavy atom. The summed E-state index contributed by atoms with van der Waals surface area (Å²) in [6.45, 7) is 10.6. The standard InChI is InChI=1S/C22H32N4OS/c1-4-23-22(24-16-18-8-9-20(27-5-2)17(3)15-18)25-19-10-12-26(13-11-19)21-7-6-14-28-21/h6-9,14-15,19H,4-5,10-13,16H2,1-3H3,(H2,23,24,25). The molecule has 3 rings (SSSR count). The maximum Gasteiger partial charge on any atom is 0.191 e. The van der Waals surface area contributed by atoms with E-state index in [-0.39, 0.29) is 0 Å². The summed E-state index contributed by atoms with van der Waals surface area (Å²) in [6.07, 6.45) is 2.26. The lowest BCUT2D eigenvalue weighted by Crippen LogP contribution is -2.48. The van der Waals surface area contributed by atoms with E-state index in [9.17, 15) is 0 Å². The normalized spacial score (nSPS) is 15.5. The van der Waals surface area contributed by atoms with Crippen molar-refractivity contribution >= 4 is 22.3 Å². The van der Waals surface area contributed by atoms with Crippen molar-refractivity contribution in [2.75, 3.05) is 31.1 Å². The van der Waals surface area contributed by atoms with E-state index in [4.69, 9.17) is 9.73 Å². The van der Waals surface area contributed by atoms with Crippen LogP contribution in [0, 0.1) is 6.92 Å². The number of piperidine rings is 1. The van der Waals surface area contributed by atoms with Crippen molar-refractivity contribution in [3.05, 3.63) is 46.8 Å². The van der Waals surface area contributed by atoms with E-state index in [1.807, 2.05) is 24.3 Å². The Hall–Kier alpha value is -2.21. The van der Waals surface area contributed by atoms with Crippen molar-refractivity contribution < 1.29 is 4.74 Å². The first kappa shape index (κ1) is 20.5. The lowest BCUT2D eigenvalue weighted by Gasteiger charge is -2.33. The van der Waals surface area contributed by atoms with Crippen LogP contribution in [0.4, 0.5) is 5.00 Å². The maximum atomic E-state index is 5.63. The van der Waals surface area contributed by atoms with E-state index in [0.717, 1.165) is 49.7 Å². The van der Waals surface area contributed by atoms with Gasteiger partial charge in [-0.25, -0.2) is 4.99 Å². The van der Waals surface area contributed by atoms with Gasteiger partial charge in [0.15, 0.2) is 5.96 Å². The highest BCUT2D eigenvalue weighted by Crippen LogP contribution is 2.25. The summed E-state index contributed by atoms with van der Waals surface area (Å²) in [5.41, 5.74) is 2.36. The van der Waals surface area contributed by atoms with Crippen LogP contribution in [0.5, 0.6) is 5.75 Å². The Morgan fingerprint density at radius 3 is 2.71 bits per heavy atom. The first-order chi connectivity index (χ1) is 13.7. The molecule has 0 saturated carbocycles. The van der Waals surface area contributed by atoms with Crippen LogP contribution in [-0.4, -0.2) is 38.2 Å². The summed E-state index contributed by atoms with van der Waals surface area (Å²) in [5, 5.41) is 10.5. The third kappa shape index (κ3) is 5.64. The number of anilines is 1. The summed E-state index contributed by atoms with van der Waals surface area (Å²) in [5.74, 6) is 1.86. The third-order valence-electron chi connectivity index (χ3n) is 4.96. The minimum absolute atomic E-state index is 0.469. The molecule has 2 heterocycles. The van der Waals surface area contributed by atoms with Crippen LogP contribution < -0.4 is 20.3 Å². The number of nitrogens with zero attached hydrogens (tertiary/aromatic N) is 2. The van der Waals surface area contributed by atoms with Gasteiger partial charge in [0.05, 0.1) is 18.2 Å². The molecule has 0 radical (unpaired) electrons. The Labute approximate surface area is 172 Å². The predicted octanol–water partition coefficient (Wildman–Crippen LogP) is 4.18. The topological polar surface area (TPSA) is 48.9 Å². The van der Waals surface area contributed by atoms with Crippen molar-refractivity contribution in [3.63, 3.8) is 0 Å². The second-order valence-electron chi connectivity index (χ2n) is 7.08. The summed E-state index contributed by atoms with van der Waals surface area (Å²) in [4.78, 5) is 7.29. The van der Waals surface area contributed by atoms with Gasteiger partial charge in [0.2, 0.25) is 0 Å². The molecule has 1 aromatic heterocycles. The molecule has 5 nitrogen and oxygen atoms in total. The molecule has 152 valence electrons. The number of nitrogens with one attached hydrogen (secondary N) is 2. The number of rotatable bonds is 7. The third-order valence-corrected chi connectivity index (χ3v) is 5.89. The maximum absolute atomic E-state index is 5.63. The molecule has 2 aromatic rings. The second-order valence-corrected chi connectivity index (χ2v) is 8.01. The van der Waals surface area contributed by atoms with E-state index in [1.54, 1.807) is 0 Å². The van der Waals surface area contributed by atoms with Crippen LogP contribution in [0.3, 0.4) is 0 Å². The number of benzene rings is 1. The van der Waals surface area contributed by atoms with Gasteiger partial charge in [-0.05, 0) is 68.3 Å². The SMILES string of the molecule is CCNC(=NCc1ccc(OCC)c(C)c1)NC1CCN(c2cccs2)CC1. The first-order valence-corrected chi connectivity index (χ1v) is 11.1. The van der Waals surface area contributed by atoms with Gasteiger partial charge in [-0.15, -0.1) is 11.3 Å². The quantitative estimate of drug-likeness (QED) is 0.541. The zero-order valence-electron chi connectivity index (χ0n) is 17.2. The summed E-state index contributed by atoms with van der Waals surface area (Å²) >= 11 is 1.82. The highest BCUT2D eigenvalue weighted by molar-refractivity contribution is 7.14. The zero-order valence-corrected chi connectivity index (χ0v) is 18.0. The largest absolute Gasteiger partial charge is 0.494 e. The van der Waals surface area contributed by atoms with Gasteiger partial charge in [0.1, 0.15) is 5.75 Å². The molecule has 2 N–H and O–H groups in total. The van der Waals surface area contributed by atoms with Crippen molar-refractivity contribution in [1.29, 1.82) is 0 Å². The van der Waals surface area contributed by atoms with Crippen molar-refractivity contribution in [2.45, 2.75) is 46.2 Å². The molecule has 0 bridgehead atoms. The van der Waals surface area contributed by atoms with Gasteiger partial charge in [-0.1, -0.05) is 12.1 Å². The molecule has 1 aliphatic rings. The summed E-state index contributed by atoms with van der Waals surface area (Å²) in [6, 6.07) is 11.1. The molecule has 0 atom stereocenters. The van der Waals surface area contributed by atoms with Crippen LogP contribution in [-0.2, 0) is 6.54 Å². The number of aryl methyl sites for hydroxylation is 1. The van der Waals surface area contributed by atoms with Crippen molar-refractivity contribution in [1.82, 2.24) is 10.6 Å². The molecule has 6 heteroatoms. The molecule has 1 fully saturated rings. The van der Waals surface area contributed by atoms with Gasteiger partial charge in [-0.2, -0.15) is 0 Å². The molecule has 0 spiro atoms. The number of thiophene rings is 1. The van der Waals surface area contributed by atoms with Crippen LogP contribution in [0.1, 0.15) is 37.8 Å². The highest BCUT2D eigenvalue weighted by atomic mass is 32.1. The van der Waals surface area contributed by atoms with Crippen LogP contribution >= 0.6 is 11.3 Å². The molecule has 0 unspecified atom stereocenters. The fourth-order valence-electron chi connectivity index (χ4n) is 3.51.